The molecule has 1 aliphatic rings. The number of anilines is 1. The molecule has 3 aromatic rings. The number of carbonyl (C=O) groups excluding carboxylic acids is 1. The smallest absolute Gasteiger partial charge is 0.234 e. The Balaban J connectivity index is 1.50. The highest BCUT2D eigenvalue weighted by molar-refractivity contribution is 8.00. The van der Waals surface area contributed by atoms with Crippen LogP contribution in [0.4, 0.5) is 5.69 Å². The van der Waals surface area contributed by atoms with Gasteiger partial charge < -0.3 is 5.32 Å². The summed E-state index contributed by atoms with van der Waals surface area (Å²) in [6.07, 6.45) is 3.00. The Morgan fingerprint density at radius 2 is 1.94 bits per heavy atom. The van der Waals surface area contributed by atoms with Crippen LogP contribution in [0.15, 0.2) is 29.3 Å². The molecule has 0 radical (unpaired) electrons. The van der Waals surface area contributed by atoms with E-state index in [2.05, 4.69) is 16.5 Å². The van der Waals surface area contributed by atoms with Gasteiger partial charge in [-0.1, -0.05) is 29.5 Å². The Kier molecular flexibility index (Phi) is 5.84. The van der Waals surface area contributed by atoms with Crippen LogP contribution in [0.5, 0.6) is 0 Å². The third-order valence-electron chi connectivity index (χ3n) is 5.75. The quantitative estimate of drug-likeness (QED) is 0.597. The first-order valence-electron chi connectivity index (χ1n) is 10.4. The van der Waals surface area contributed by atoms with Crippen molar-refractivity contribution in [3.05, 3.63) is 63.6 Å². The number of fused-ring (bicyclic) bond motifs is 1. The number of nitriles is 1. The molecule has 0 saturated heterocycles. The summed E-state index contributed by atoms with van der Waals surface area (Å²) in [6.45, 7) is 7.87. The van der Waals surface area contributed by atoms with Crippen LogP contribution in [0.2, 0.25) is 0 Å². The molecule has 31 heavy (non-hydrogen) atoms. The van der Waals surface area contributed by atoms with Crippen molar-refractivity contribution in [1.82, 2.24) is 14.8 Å². The van der Waals surface area contributed by atoms with Crippen molar-refractivity contribution in [2.75, 3.05) is 11.1 Å². The lowest BCUT2D eigenvalue weighted by Crippen LogP contribution is -2.15. The largest absolute Gasteiger partial charge is 0.322 e. The zero-order valence-electron chi connectivity index (χ0n) is 18.2. The highest BCUT2D eigenvalue weighted by Gasteiger charge is 2.22. The van der Waals surface area contributed by atoms with Gasteiger partial charge in [-0.2, -0.15) is 10.4 Å². The zero-order chi connectivity index (χ0) is 22.1. The summed E-state index contributed by atoms with van der Waals surface area (Å²) < 4.78 is 1.84. The van der Waals surface area contributed by atoms with E-state index >= 15 is 0 Å². The molecule has 4 rings (SSSR count). The molecule has 0 saturated carbocycles. The number of aryl methyl sites for hydroxylation is 3. The molecule has 0 atom stereocenters. The second-order valence-corrected chi connectivity index (χ2v) is 8.90. The van der Waals surface area contributed by atoms with Crippen molar-refractivity contribution < 1.29 is 4.79 Å². The Morgan fingerprint density at radius 3 is 2.65 bits per heavy atom. The molecule has 2 aromatic heterocycles. The number of aromatic nitrogens is 3. The molecule has 6 nitrogen and oxygen atoms in total. The van der Waals surface area contributed by atoms with Gasteiger partial charge in [0.15, 0.2) is 0 Å². The van der Waals surface area contributed by atoms with Crippen LogP contribution in [-0.2, 0) is 17.6 Å². The maximum atomic E-state index is 12.7. The maximum Gasteiger partial charge on any atom is 0.234 e. The summed E-state index contributed by atoms with van der Waals surface area (Å²) in [5.41, 5.74) is 8.40. The number of hydrogen-bond donors (Lipinski definition) is 1. The number of nitrogens with one attached hydrogen (secondary N) is 1. The summed E-state index contributed by atoms with van der Waals surface area (Å²) in [5, 5.41) is 17.9. The lowest BCUT2D eigenvalue weighted by molar-refractivity contribution is -0.113. The summed E-state index contributed by atoms with van der Waals surface area (Å²) in [5.74, 6) is 0.0533. The number of thioether (sulfide) groups is 1. The second kappa shape index (κ2) is 8.56. The minimum atomic E-state index is -0.136. The molecular weight excluding hydrogens is 406 g/mol. The predicted molar refractivity (Wildman–Crippen MR) is 123 cm³/mol. The summed E-state index contributed by atoms with van der Waals surface area (Å²) >= 11 is 1.32. The molecule has 2 heterocycles. The first-order valence-corrected chi connectivity index (χ1v) is 11.4. The normalized spacial score (nSPS) is 12.5. The number of carbonyl (C=O) groups is 1. The minimum Gasteiger partial charge on any atom is -0.322 e. The van der Waals surface area contributed by atoms with Crippen molar-refractivity contribution >= 4 is 23.4 Å². The van der Waals surface area contributed by atoms with Crippen molar-refractivity contribution in [1.29, 1.82) is 5.26 Å². The van der Waals surface area contributed by atoms with E-state index in [1.54, 1.807) is 0 Å². The van der Waals surface area contributed by atoms with Crippen molar-refractivity contribution in [3.63, 3.8) is 0 Å². The molecule has 158 valence electrons. The second-order valence-electron chi connectivity index (χ2n) is 7.94. The van der Waals surface area contributed by atoms with Gasteiger partial charge in [-0.05, 0) is 70.2 Å². The van der Waals surface area contributed by atoms with E-state index < -0.39 is 0 Å². The predicted octanol–water partition coefficient (Wildman–Crippen LogP) is 4.59. The van der Waals surface area contributed by atoms with Gasteiger partial charge in [0.25, 0.3) is 0 Å². The average molecular weight is 432 g/mol. The van der Waals surface area contributed by atoms with E-state index in [-0.39, 0.29) is 11.7 Å². The molecule has 0 aliphatic heterocycles. The van der Waals surface area contributed by atoms with Crippen LogP contribution >= 0.6 is 11.8 Å². The Hall–Kier alpha value is -3.11. The number of hydrogen-bond acceptors (Lipinski definition) is 5. The van der Waals surface area contributed by atoms with Gasteiger partial charge in [-0.25, -0.2) is 9.67 Å². The van der Waals surface area contributed by atoms with Gasteiger partial charge in [-0.3, -0.25) is 4.79 Å². The minimum absolute atomic E-state index is 0.136. The molecule has 0 fully saturated rings. The van der Waals surface area contributed by atoms with Gasteiger partial charge in [0.1, 0.15) is 11.1 Å². The lowest BCUT2D eigenvalue weighted by atomic mass is 10.0. The fraction of sp³-hybridized carbons (Fsp3) is 0.333. The van der Waals surface area contributed by atoms with Gasteiger partial charge in [0.05, 0.1) is 34.1 Å². The monoisotopic (exact) mass is 431 g/mol. The topological polar surface area (TPSA) is 83.6 Å². The van der Waals surface area contributed by atoms with Gasteiger partial charge >= 0.3 is 0 Å². The molecule has 1 amide bonds. The summed E-state index contributed by atoms with van der Waals surface area (Å²) in [7, 11) is 0. The summed E-state index contributed by atoms with van der Waals surface area (Å²) in [4.78, 5) is 17.4. The molecule has 0 bridgehead atoms. The number of amides is 1. The summed E-state index contributed by atoms with van der Waals surface area (Å²) in [6, 6.07) is 10.4. The average Bonchev–Trinajstić information content (AvgIpc) is 3.33. The van der Waals surface area contributed by atoms with Crippen molar-refractivity contribution in [2.45, 2.75) is 52.0 Å². The molecule has 0 spiro atoms. The van der Waals surface area contributed by atoms with Gasteiger partial charge in [-0.15, -0.1) is 0 Å². The number of nitrogens with zero attached hydrogens (tertiary/aromatic N) is 4. The van der Waals surface area contributed by atoms with Crippen LogP contribution < -0.4 is 5.32 Å². The fourth-order valence-corrected chi connectivity index (χ4v) is 4.91. The van der Waals surface area contributed by atoms with E-state index in [4.69, 9.17) is 4.98 Å². The van der Waals surface area contributed by atoms with E-state index in [0.29, 0.717) is 10.6 Å². The third kappa shape index (κ3) is 4.08. The third-order valence-corrected chi connectivity index (χ3v) is 6.73. The van der Waals surface area contributed by atoms with Crippen LogP contribution in [0.25, 0.3) is 5.69 Å². The SMILES string of the molecule is Cc1ccc(-n2nc(C)c(NC(=O)CSc3nc4c(c(C)c3C#N)CCC4)c2C)cc1. The lowest BCUT2D eigenvalue weighted by Gasteiger charge is -2.11. The molecule has 1 N–H and O–H groups in total. The molecule has 1 aliphatic carbocycles. The van der Waals surface area contributed by atoms with E-state index in [9.17, 15) is 10.1 Å². The van der Waals surface area contributed by atoms with E-state index in [1.807, 2.05) is 56.6 Å². The van der Waals surface area contributed by atoms with E-state index in [0.717, 1.165) is 53.3 Å². The molecular formula is C24H25N5OS. The van der Waals surface area contributed by atoms with Crippen LogP contribution in [0, 0.1) is 39.0 Å². The molecule has 1 aromatic carbocycles. The number of pyridine rings is 1. The maximum absolute atomic E-state index is 12.7. The first-order chi connectivity index (χ1) is 14.9. The van der Waals surface area contributed by atoms with Crippen molar-refractivity contribution in [2.24, 2.45) is 0 Å². The standard InChI is InChI=1S/C24H25N5OS/c1-14-8-10-18(11-9-14)29-17(4)23(16(3)28-29)27-22(30)13-31-24-20(12-25)15(2)19-6-5-7-21(19)26-24/h8-11H,5-7,13H2,1-4H3,(H,27,30). The van der Waals surface area contributed by atoms with E-state index in [1.165, 1.54) is 22.9 Å². The van der Waals surface area contributed by atoms with Crippen LogP contribution in [-0.4, -0.2) is 26.4 Å². The molecule has 0 unspecified atom stereocenters. The zero-order valence-corrected chi connectivity index (χ0v) is 19.1. The Labute approximate surface area is 186 Å². The van der Waals surface area contributed by atoms with Gasteiger partial charge in [0.2, 0.25) is 5.91 Å². The van der Waals surface area contributed by atoms with Crippen molar-refractivity contribution in [3.8, 4) is 11.8 Å². The van der Waals surface area contributed by atoms with Gasteiger partial charge in [0, 0.05) is 5.69 Å². The molecule has 7 heteroatoms. The van der Waals surface area contributed by atoms with Crippen LogP contribution in [0.1, 0.15) is 45.8 Å². The Bertz CT molecular complexity index is 1200. The number of benzene rings is 1. The van der Waals surface area contributed by atoms with Crippen LogP contribution in [0.3, 0.4) is 0 Å². The first kappa shape index (κ1) is 21.1. The highest BCUT2D eigenvalue weighted by Crippen LogP contribution is 2.32. The highest BCUT2D eigenvalue weighted by atomic mass is 32.2. The Morgan fingerprint density at radius 1 is 1.19 bits per heavy atom. The number of rotatable bonds is 5. The fourth-order valence-electron chi connectivity index (χ4n) is 4.05.